The minimum Gasteiger partial charge on any atom is -0.256 e. The van der Waals surface area contributed by atoms with Gasteiger partial charge in [-0.2, -0.15) is 13.2 Å². The van der Waals surface area contributed by atoms with Gasteiger partial charge in [0.15, 0.2) is 0 Å². The van der Waals surface area contributed by atoms with Crippen LogP contribution in [0.25, 0.3) is 22.5 Å². The molecule has 0 N–H and O–H groups in total. The van der Waals surface area contributed by atoms with E-state index in [1.165, 1.54) is 0 Å². The molecule has 3 rings (SSSR count). The van der Waals surface area contributed by atoms with E-state index in [-0.39, 0.29) is 10.8 Å². The van der Waals surface area contributed by atoms with Gasteiger partial charge in [-0.25, -0.2) is 0 Å². The summed E-state index contributed by atoms with van der Waals surface area (Å²) in [5, 5.41) is 0. The van der Waals surface area contributed by atoms with Crippen molar-refractivity contribution in [2.45, 2.75) is 58.5 Å². The third kappa shape index (κ3) is 4.89. The summed E-state index contributed by atoms with van der Waals surface area (Å²) >= 11 is 0. The molecule has 0 atom stereocenters. The quantitative estimate of drug-likeness (QED) is 0.437. The first-order valence-electron chi connectivity index (χ1n) is 9.91. The molecule has 1 aromatic carbocycles. The normalized spacial score (nSPS) is 12.8. The monoisotopic (exact) mass is 412 g/mol. The molecule has 0 aliphatic carbocycles. The summed E-state index contributed by atoms with van der Waals surface area (Å²) < 4.78 is 41.0. The van der Waals surface area contributed by atoms with Gasteiger partial charge in [0.2, 0.25) is 0 Å². The number of halogens is 3. The largest absolute Gasteiger partial charge is 0.416 e. The van der Waals surface area contributed by atoms with Crippen LogP contribution in [0.2, 0.25) is 0 Å². The van der Waals surface area contributed by atoms with Gasteiger partial charge in [-0.15, -0.1) is 0 Å². The Bertz CT molecular complexity index is 979. The van der Waals surface area contributed by atoms with Gasteiger partial charge >= 0.3 is 6.18 Å². The Labute approximate surface area is 176 Å². The van der Waals surface area contributed by atoms with Gasteiger partial charge in [-0.1, -0.05) is 41.5 Å². The van der Waals surface area contributed by atoms with Crippen LogP contribution in [0.1, 0.15) is 58.2 Å². The fourth-order valence-electron chi connectivity index (χ4n) is 3.20. The van der Waals surface area contributed by atoms with E-state index in [0.29, 0.717) is 22.5 Å². The fraction of sp³-hybridized carbons (Fsp3) is 0.360. The van der Waals surface area contributed by atoms with Gasteiger partial charge in [0.05, 0.1) is 17.0 Å². The van der Waals surface area contributed by atoms with Crippen molar-refractivity contribution in [2.75, 3.05) is 0 Å². The number of rotatable bonds is 2. The number of hydrogen-bond donors (Lipinski definition) is 0. The number of aromatic nitrogens is 2. The molecule has 0 fully saturated rings. The van der Waals surface area contributed by atoms with Crippen molar-refractivity contribution in [3.63, 3.8) is 0 Å². The maximum Gasteiger partial charge on any atom is 0.416 e. The lowest BCUT2D eigenvalue weighted by molar-refractivity contribution is -0.137. The van der Waals surface area contributed by atoms with Crippen LogP contribution in [-0.4, -0.2) is 9.97 Å². The third-order valence-electron chi connectivity index (χ3n) is 5.10. The second-order valence-corrected chi connectivity index (χ2v) is 9.66. The molecule has 0 amide bonds. The summed E-state index contributed by atoms with van der Waals surface area (Å²) in [6.45, 7) is 12.4. The fourth-order valence-corrected chi connectivity index (χ4v) is 3.20. The van der Waals surface area contributed by atoms with Crippen LogP contribution in [-0.2, 0) is 17.0 Å². The van der Waals surface area contributed by atoms with Gasteiger partial charge in [0, 0.05) is 23.5 Å². The van der Waals surface area contributed by atoms with Crippen LogP contribution in [0, 0.1) is 0 Å². The zero-order chi connectivity index (χ0) is 22.3. The van der Waals surface area contributed by atoms with Crippen molar-refractivity contribution in [2.24, 2.45) is 0 Å². The van der Waals surface area contributed by atoms with E-state index in [0.717, 1.165) is 23.3 Å². The zero-order valence-corrected chi connectivity index (χ0v) is 18.2. The van der Waals surface area contributed by atoms with Crippen LogP contribution in [0.3, 0.4) is 0 Å². The molecule has 0 spiro atoms. The lowest BCUT2D eigenvalue weighted by atomic mass is 9.86. The van der Waals surface area contributed by atoms with Crippen LogP contribution in [0.15, 0.2) is 54.9 Å². The second-order valence-electron chi connectivity index (χ2n) is 9.66. The van der Waals surface area contributed by atoms with Gasteiger partial charge in [-0.05, 0) is 64.4 Å². The molecule has 0 aliphatic rings. The Hall–Kier alpha value is -2.69. The molecule has 0 bridgehead atoms. The van der Waals surface area contributed by atoms with Gasteiger partial charge in [-0.3, -0.25) is 9.97 Å². The first-order chi connectivity index (χ1) is 13.7. The Morgan fingerprint density at radius 3 is 1.30 bits per heavy atom. The molecule has 2 aromatic heterocycles. The average molecular weight is 412 g/mol. The van der Waals surface area contributed by atoms with E-state index in [9.17, 15) is 13.2 Å². The smallest absolute Gasteiger partial charge is 0.256 e. The van der Waals surface area contributed by atoms with Crippen LogP contribution < -0.4 is 0 Å². The molecule has 0 saturated heterocycles. The molecule has 158 valence electrons. The molecular formula is C25H27F3N2. The number of alkyl halides is 3. The highest BCUT2D eigenvalue weighted by atomic mass is 19.4. The van der Waals surface area contributed by atoms with E-state index >= 15 is 0 Å². The molecule has 0 radical (unpaired) electrons. The van der Waals surface area contributed by atoms with E-state index in [4.69, 9.17) is 0 Å². The van der Waals surface area contributed by atoms with Gasteiger partial charge in [0.1, 0.15) is 0 Å². The van der Waals surface area contributed by atoms with Crippen LogP contribution in [0.5, 0.6) is 0 Å². The molecule has 2 heterocycles. The van der Waals surface area contributed by atoms with Gasteiger partial charge in [0.25, 0.3) is 0 Å². The molecule has 2 nitrogen and oxygen atoms in total. The van der Waals surface area contributed by atoms with Crippen molar-refractivity contribution in [3.8, 4) is 22.5 Å². The Kier molecular flexibility index (Phi) is 5.52. The predicted octanol–water partition coefficient (Wildman–Crippen LogP) is 7.42. The van der Waals surface area contributed by atoms with Crippen molar-refractivity contribution in [1.29, 1.82) is 0 Å². The number of pyridine rings is 2. The summed E-state index contributed by atoms with van der Waals surface area (Å²) in [5.41, 5.74) is 2.93. The summed E-state index contributed by atoms with van der Waals surface area (Å²) in [6, 6.07) is 11.6. The van der Waals surface area contributed by atoms with E-state index in [2.05, 4.69) is 51.5 Å². The highest BCUT2D eigenvalue weighted by Crippen LogP contribution is 2.37. The standard InChI is InChI=1S/C25H27F3N2/c1-23(2,3)18-7-9-29-21(14-18)16-11-17(13-20(12-16)25(26,27)28)22-15-19(8-10-30-22)24(4,5)6/h7-15H,1-6H3. The first kappa shape index (κ1) is 22.0. The van der Waals surface area contributed by atoms with Crippen LogP contribution >= 0.6 is 0 Å². The molecular weight excluding hydrogens is 385 g/mol. The number of hydrogen-bond acceptors (Lipinski definition) is 2. The van der Waals surface area contributed by atoms with E-state index < -0.39 is 11.7 Å². The van der Waals surface area contributed by atoms with Crippen molar-refractivity contribution < 1.29 is 13.2 Å². The third-order valence-corrected chi connectivity index (χ3v) is 5.10. The van der Waals surface area contributed by atoms with Crippen molar-refractivity contribution in [1.82, 2.24) is 9.97 Å². The minimum absolute atomic E-state index is 0.134. The zero-order valence-electron chi connectivity index (χ0n) is 18.2. The maximum absolute atomic E-state index is 13.7. The second kappa shape index (κ2) is 7.53. The molecule has 0 aliphatic heterocycles. The van der Waals surface area contributed by atoms with Crippen molar-refractivity contribution in [3.05, 3.63) is 71.5 Å². The number of benzene rings is 1. The maximum atomic E-state index is 13.7. The predicted molar refractivity (Wildman–Crippen MR) is 115 cm³/mol. The molecule has 0 saturated carbocycles. The topological polar surface area (TPSA) is 25.8 Å². The number of nitrogens with zero attached hydrogens (tertiary/aromatic N) is 2. The van der Waals surface area contributed by atoms with E-state index in [1.54, 1.807) is 18.5 Å². The molecule has 5 heteroatoms. The lowest BCUT2D eigenvalue weighted by Gasteiger charge is -2.20. The average Bonchev–Trinajstić information content (AvgIpc) is 2.66. The first-order valence-corrected chi connectivity index (χ1v) is 9.91. The highest BCUT2D eigenvalue weighted by molar-refractivity contribution is 5.72. The lowest BCUT2D eigenvalue weighted by Crippen LogP contribution is -2.12. The molecule has 3 aromatic rings. The van der Waals surface area contributed by atoms with Crippen molar-refractivity contribution >= 4 is 0 Å². The van der Waals surface area contributed by atoms with Crippen LogP contribution in [0.4, 0.5) is 13.2 Å². The Balaban J connectivity index is 2.20. The Morgan fingerprint density at radius 2 is 0.967 bits per heavy atom. The molecule has 0 unspecified atom stereocenters. The highest BCUT2D eigenvalue weighted by Gasteiger charge is 2.32. The molecule has 30 heavy (non-hydrogen) atoms. The van der Waals surface area contributed by atoms with Gasteiger partial charge < -0.3 is 0 Å². The summed E-state index contributed by atoms with van der Waals surface area (Å²) in [7, 11) is 0. The summed E-state index contributed by atoms with van der Waals surface area (Å²) in [4.78, 5) is 8.70. The Morgan fingerprint density at radius 1 is 0.567 bits per heavy atom. The summed E-state index contributed by atoms with van der Waals surface area (Å²) in [6.07, 6.45) is -1.17. The van der Waals surface area contributed by atoms with E-state index in [1.807, 2.05) is 24.3 Å². The SMILES string of the molecule is CC(C)(C)c1ccnc(-c2cc(-c3cc(C(C)(C)C)ccn3)cc(C(F)(F)F)c2)c1. The summed E-state index contributed by atoms with van der Waals surface area (Å²) in [5.74, 6) is 0. The minimum atomic E-state index is -4.46.